The fourth-order valence-corrected chi connectivity index (χ4v) is 2.29. The van der Waals surface area contributed by atoms with Crippen molar-refractivity contribution in [2.24, 2.45) is 0 Å². The third-order valence-electron chi connectivity index (χ3n) is 3.38. The predicted octanol–water partition coefficient (Wildman–Crippen LogP) is 2.62. The number of aliphatic hydroxyl groups excluding tert-OH is 1. The van der Waals surface area contributed by atoms with Crippen LogP contribution in [0.25, 0.3) is 0 Å². The van der Waals surface area contributed by atoms with Gasteiger partial charge in [0.05, 0.1) is 6.61 Å². The summed E-state index contributed by atoms with van der Waals surface area (Å²) < 4.78 is 13.8. The predicted molar refractivity (Wildman–Crippen MR) is 78.2 cm³/mol. The largest absolute Gasteiger partial charge is 0.395 e. The first-order valence-electron chi connectivity index (χ1n) is 6.94. The van der Waals surface area contributed by atoms with Gasteiger partial charge in [0.25, 0.3) is 0 Å². The Morgan fingerprint density at radius 3 is 2.58 bits per heavy atom. The maximum atomic E-state index is 13.8. The summed E-state index contributed by atoms with van der Waals surface area (Å²) in [7, 11) is 0. The van der Waals surface area contributed by atoms with E-state index in [0.717, 1.165) is 24.3 Å². The molecule has 0 heterocycles. The Kier molecular flexibility index (Phi) is 6.25. The van der Waals surface area contributed by atoms with Crippen molar-refractivity contribution in [2.75, 3.05) is 31.1 Å². The van der Waals surface area contributed by atoms with Gasteiger partial charge in [-0.2, -0.15) is 0 Å². The smallest absolute Gasteiger partial charge is 0.126 e. The highest BCUT2D eigenvalue weighted by molar-refractivity contribution is 5.57. The number of rotatable bonds is 7. The highest BCUT2D eigenvalue weighted by Gasteiger charge is 2.16. The molecule has 3 nitrogen and oxygen atoms in total. The Morgan fingerprint density at radius 1 is 1.37 bits per heavy atom. The average Bonchev–Trinajstić information content (AvgIpc) is 2.39. The minimum atomic E-state index is -0.177. The molecule has 1 aromatic rings. The summed E-state index contributed by atoms with van der Waals surface area (Å²) in [5.74, 6) is -0.177. The van der Waals surface area contributed by atoms with Gasteiger partial charge >= 0.3 is 0 Å². The van der Waals surface area contributed by atoms with Crippen LogP contribution in [0.5, 0.6) is 0 Å². The molecule has 0 radical (unpaired) electrons. The summed E-state index contributed by atoms with van der Waals surface area (Å²) in [6.07, 6.45) is 0. The molecular weight excluding hydrogens is 243 g/mol. The SMILES string of the molecule is CCNC(C)c1cc(F)c(C)cc1N(CC)CCO. The topological polar surface area (TPSA) is 35.5 Å². The van der Waals surface area contributed by atoms with Crippen LogP contribution in [0, 0.1) is 12.7 Å². The quantitative estimate of drug-likeness (QED) is 0.798. The van der Waals surface area contributed by atoms with Crippen molar-refractivity contribution in [3.63, 3.8) is 0 Å². The standard InChI is InChI=1S/C15H25FN2O/c1-5-17-12(4)13-10-14(16)11(3)9-15(13)18(6-2)7-8-19/h9-10,12,17,19H,5-8H2,1-4H3. The molecule has 1 rings (SSSR count). The highest BCUT2D eigenvalue weighted by Crippen LogP contribution is 2.29. The van der Waals surface area contributed by atoms with Gasteiger partial charge in [0, 0.05) is 24.8 Å². The van der Waals surface area contributed by atoms with Gasteiger partial charge in [-0.1, -0.05) is 6.92 Å². The number of nitrogens with one attached hydrogen (secondary N) is 1. The lowest BCUT2D eigenvalue weighted by Gasteiger charge is -2.28. The number of hydrogen-bond acceptors (Lipinski definition) is 3. The molecule has 19 heavy (non-hydrogen) atoms. The highest BCUT2D eigenvalue weighted by atomic mass is 19.1. The van der Waals surface area contributed by atoms with E-state index in [-0.39, 0.29) is 18.5 Å². The number of benzene rings is 1. The second-order valence-electron chi connectivity index (χ2n) is 4.74. The zero-order valence-corrected chi connectivity index (χ0v) is 12.3. The molecular formula is C15H25FN2O. The lowest BCUT2D eigenvalue weighted by atomic mass is 10.0. The second kappa shape index (κ2) is 7.46. The van der Waals surface area contributed by atoms with Crippen molar-refractivity contribution in [3.8, 4) is 0 Å². The zero-order valence-electron chi connectivity index (χ0n) is 12.3. The average molecular weight is 268 g/mol. The van der Waals surface area contributed by atoms with Gasteiger partial charge in [-0.05, 0) is 50.6 Å². The molecule has 1 unspecified atom stereocenters. The monoisotopic (exact) mass is 268 g/mol. The molecule has 0 aromatic heterocycles. The maximum absolute atomic E-state index is 13.8. The molecule has 108 valence electrons. The van der Waals surface area contributed by atoms with Gasteiger partial charge < -0.3 is 15.3 Å². The number of aryl methyl sites for hydroxylation is 1. The number of hydrogen-bond donors (Lipinski definition) is 2. The molecule has 0 aliphatic rings. The van der Waals surface area contributed by atoms with Gasteiger partial charge in [-0.15, -0.1) is 0 Å². The van der Waals surface area contributed by atoms with Crippen LogP contribution in [0.2, 0.25) is 0 Å². The van der Waals surface area contributed by atoms with Gasteiger partial charge in [0.2, 0.25) is 0 Å². The molecule has 0 aliphatic heterocycles. The lowest BCUT2D eigenvalue weighted by molar-refractivity contribution is 0.302. The fraction of sp³-hybridized carbons (Fsp3) is 0.600. The van der Waals surface area contributed by atoms with Crippen LogP contribution in [-0.2, 0) is 0 Å². The Hall–Kier alpha value is -1.13. The minimum absolute atomic E-state index is 0.0860. The first-order chi connectivity index (χ1) is 9.04. The van der Waals surface area contributed by atoms with E-state index < -0.39 is 0 Å². The summed E-state index contributed by atoms with van der Waals surface area (Å²) in [5.41, 5.74) is 2.59. The molecule has 0 amide bonds. The second-order valence-corrected chi connectivity index (χ2v) is 4.74. The Bertz CT molecular complexity index is 409. The van der Waals surface area contributed by atoms with Gasteiger partial charge in [-0.25, -0.2) is 4.39 Å². The summed E-state index contributed by atoms with van der Waals surface area (Å²) >= 11 is 0. The third-order valence-corrected chi connectivity index (χ3v) is 3.38. The van der Waals surface area contributed by atoms with Crippen LogP contribution in [0.3, 0.4) is 0 Å². The van der Waals surface area contributed by atoms with E-state index in [0.29, 0.717) is 12.1 Å². The summed E-state index contributed by atoms with van der Waals surface area (Å²) in [4.78, 5) is 2.08. The lowest BCUT2D eigenvalue weighted by Crippen LogP contribution is -2.29. The molecule has 4 heteroatoms. The van der Waals surface area contributed by atoms with Crippen LogP contribution in [0.1, 0.15) is 37.9 Å². The number of halogens is 1. The van der Waals surface area contributed by atoms with Gasteiger partial charge in [0.1, 0.15) is 5.82 Å². The molecule has 1 atom stereocenters. The zero-order chi connectivity index (χ0) is 14.4. The number of aliphatic hydroxyl groups is 1. The molecule has 0 spiro atoms. The minimum Gasteiger partial charge on any atom is -0.395 e. The molecule has 0 saturated heterocycles. The van der Waals surface area contributed by atoms with E-state index in [1.54, 1.807) is 13.0 Å². The van der Waals surface area contributed by atoms with Crippen molar-refractivity contribution in [2.45, 2.75) is 33.7 Å². The number of anilines is 1. The van der Waals surface area contributed by atoms with E-state index in [4.69, 9.17) is 5.11 Å². The molecule has 1 aromatic carbocycles. The fourth-order valence-electron chi connectivity index (χ4n) is 2.29. The van der Waals surface area contributed by atoms with Crippen molar-refractivity contribution in [1.82, 2.24) is 5.32 Å². The van der Waals surface area contributed by atoms with Crippen LogP contribution in [-0.4, -0.2) is 31.3 Å². The van der Waals surface area contributed by atoms with Crippen LogP contribution in [0.4, 0.5) is 10.1 Å². The Morgan fingerprint density at radius 2 is 2.05 bits per heavy atom. The third kappa shape index (κ3) is 3.91. The first kappa shape index (κ1) is 15.9. The van der Waals surface area contributed by atoms with E-state index >= 15 is 0 Å². The van der Waals surface area contributed by atoms with Crippen LogP contribution >= 0.6 is 0 Å². The maximum Gasteiger partial charge on any atom is 0.126 e. The normalized spacial score (nSPS) is 12.5. The summed E-state index contributed by atoms with van der Waals surface area (Å²) in [6.45, 7) is 10.2. The Balaban J connectivity index is 3.21. The van der Waals surface area contributed by atoms with E-state index in [2.05, 4.69) is 10.2 Å². The molecule has 0 saturated carbocycles. The van der Waals surface area contributed by atoms with Gasteiger partial charge in [0.15, 0.2) is 0 Å². The van der Waals surface area contributed by atoms with Crippen LogP contribution < -0.4 is 10.2 Å². The van der Waals surface area contributed by atoms with E-state index in [9.17, 15) is 4.39 Å². The summed E-state index contributed by atoms with van der Waals surface area (Å²) in [5, 5.41) is 12.5. The Labute approximate surface area is 115 Å². The van der Waals surface area contributed by atoms with Crippen molar-refractivity contribution >= 4 is 5.69 Å². The van der Waals surface area contributed by atoms with E-state index in [1.165, 1.54) is 0 Å². The van der Waals surface area contributed by atoms with E-state index in [1.807, 2.05) is 26.8 Å². The van der Waals surface area contributed by atoms with Crippen molar-refractivity contribution in [3.05, 3.63) is 29.1 Å². The summed E-state index contributed by atoms with van der Waals surface area (Å²) in [6, 6.07) is 3.57. The molecule has 2 N–H and O–H groups in total. The van der Waals surface area contributed by atoms with Crippen LogP contribution in [0.15, 0.2) is 12.1 Å². The molecule has 0 aliphatic carbocycles. The van der Waals surface area contributed by atoms with Gasteiger partial charge in [-0.3, -0.25) is 0 Å². The first-order valence-corrected chi connectivity index (χ1v) is 6.94. The number of likely N-dealkylation sites (N-methyl/N-ethyl adjacent to an activating group) is 1. The molecule has 0 bridgehead atoms. The van der Waals surface area contributed by atoms with Crippen molar-refractivity contribution < 1.29 is 9.50 Å². The number of nitrogens with zero attached hydrogens (tertiary/aromatic N) is 1. The van der Waals surface area contributed by atoms with Crippen molar-refractivity contribution in [1.29, 1.82) is 0 Å². The molecule has 0 fully saturated rings.